The molecule has 0 radical (unpaired) electrons. The minimum atomic E-state index is 0.496. The summed E-state index contributed by atoms with van der Waals surface area (Å²) in [6, 6.07) is 0.496. The predicted molar refractivity (Wildman–Crippen MR) is 89.3 cm³/mol. The molecule has 7 heteroatoms. The zero-order chi connectivity index (χ0) is 16.4. The summed E-state index contributed by atoms with van der Waals surface area (Å²) in [5.41, 5.74) is 0. The number of rotatable bonds is 7. The van der Waals surface area contributed by atoms with Crippen molar-refractivity contribution < 1.29 is 4.52 Å². The minimum absolute atomic E-state index is 0.496. The van der Waals surface area contributed by atoms with Crippen LogP contribution in [-0.2, 0) is 19.6 Å². The number of hydrogen-bond acceptors (Lipinski definition) is 6. The fourth-order valence-corrected chi connectivity index (χ4v) is 3.42. The summed E-state index contributed by atoms with van der Waals surface area (Å²) in [4.78, 5) is 11.4. The quantitative estimate of drug-likeness (QED) is 0.836. The highest BCUT2D eigenvalue weighted by Crippen LogP contribution is 2.38. The third-order valence-corrected chi connectivity index (χ3v) is 4.97. The zero-order valence-electron chi connectivity index (χ0n) is 14.3. The first kappa shape index (κ1) is 15.8. The van der Waals surface area contributed by atoms with E-state index in [2.05, 4.69) is 36.8 Å². The van der Waals surface area contributed by atoms with Crippen molar-refractivity contribution in [1.82, 2.24) is 29.9 Å². The average Bonchev–Trinajstić information content (AvgIpc) is 3.17. The van der Waals surface area contributed by atoms with Crippen LogP contribution in [0.25, 0.3) is 0 Å². The second-order valence-corrected chi connectivity index (χ2v) is 6.91. The molecule has 3 heterocycles. The van der Waals surface area contributed by atoms with E-state index in [1.165, 1.54) is 25.7 Å². The van der Waals surface area contributed by atoms with Crippen molar-refractivity contribution in [2.45, 2.75) is 64.2 Å². The molecule has 24 heavy (non-hydrogen) atoms. The lowest BCUT2D eigenvalue weighted by atomic mass is 10.1. The van der Waals surface area contributed by atoms with E-state index in [1.807, 2.05) is 12.4 Å². The zero-order valence-corrected chi connectivity index (χ0v) is 14.3. The largest absolute Gasteiger partial charge is 0.339 e. The van der Waals surface area contributed by atoms with Crippen LogP contribution in [0.2, 0.25) is 0 Å². The van der Waals surface area contributed by atoms with Crippen molar-refractivity contribution >= 4 is 0 Å². The number of nitrogens with one attached hydrogen (secondary N) is 1. The molecule has 2 aliphatic rings. The molecular formula is C17H26N6O. The number of aromatic nitrogens is 4. The summed E-state index contributed by atoms with van der Waals surface area (Å²) < 4.78 is 7.55. The van der Waals surface area contributed by atoms with Crippen LogP contribution in [0.4, 0.5) is 0 Å². The van der Waals surface area contributed by atoms with Crippen LogP contribution in [0.5, 0.6) is 0 Å². The van der Waals surface area contributed by atoms with E-state index >= 15 is 0 Å². The lowest BCUT2D eigenvalue weighted by Gasteiger charge is -2.32. The van der Waals surface area contributed by atoms with Gasteiger partial charge in [0.05, 0.1) is 13.1 Å². The first-order valence-electron chi connectivity index (χ1n) is 9.10. The van der Waals surface area contributed by atoms with E-state index in [1.54, 1.807) is 0 Å². The molecule has 2 aromatic heterocycles. The summed E-state index contributed by atoms with van der Waals surface area (Å²) >= 11 is 0. The summed E-state index contributed by atoms with van der Waals surface area (Å²) in [5, 5.41) is 7.80. The van der Waals surface area contributed by atoms with E-state index in [0.29, 0.717) is 12.0 Å². The van der Waals surface area contributed by atoms with Gasteiger partial charge in [-0.3, -0.25) is 4.90 Å². The Morgan fingerprint density at radius 3 is 3.08 bits per heavy atom. The molecule has 1 atom stereocenters. The molecule has 2 aromatic rings. The van der Waals surface area contributed by atoms with E-state index in [-0.39, 0.29) is 0 Å². The predicted octanol–water partition coefficient (Wildman–Crippen LogP) is 1.92. The first-order valence-corrected chi connectivity index (χ1v) is 9.10. The molecule has 0 bridgehead atoms. The molecule has 4 rings (SSSR count). The first-order chi connectivity index (χ1) is 11.8. The minimum Gasteiger partial charge on any atom is -0.339 e. The second kappa shape index (κ2) is 7.03. The Hall–Kier alpha value is -1.73. The van der Waals surface area contributed by atoms with Gasteiger partial charge in [-0.2, -0.15) is 4.98 Å². The third-order valence-electron chi connectivity index (χ3n) is 4.97. The van der Waals surface area contributed by atoms with Crippen LogP contribution in [-0.4, -0.2) is 43.7 Å². The van der Waals surface area contributed by atoms with Crippen molar-refractivity contribution in [3.63, 3.8) is 0 Å². The van der Waals surface area contributed by atoms with E-state index in [9.17, 15) is 0 Å². The summed E-state index contributed by atoms with van der Waals surface area (Å²) in [6.45, 7) is 6.86. The highest BCUT2D eigenvalue weighted by Gasteiger charge is 2.30. The van der Waals surface area contributed by atoms with Crippen LogP contribution in [0.1, 0.15) is 56.1 Å². The van der Waals surface area contributed by atoms with Gasteiger partial charge in [0.2, 0.25) is 5.89 Å². The van der Waals surface area contributed by atoms with Gasteiger partial charge in [-0.15, -0.1) is 0 Å². The summed E-state index contributed by atoms with van der Waals surface area (Å²) in [6.07, 6.45) is 8.73. The molecule has 1 N–H and O–H groups in total. The van der Waals surface area contributed by atoms with Crippen molar-refractivity contribution in [1.29, 1.82) is 0 Å². The van der Waals surface area contributed by atoms with Crippen LogP contribution in [0.3, 0.4) is 0 Å². The Morgan fingerprint density at radius 1 is 1.33 bits per heavy atom. The van der Waals surface area contributed by atoms with Crippen molar-refractivity contribution in [2.75, 3.05) is 13.1 Å². The van der Waals surface area contributed by atoms with Crippen molar-refractivity contribution in [3.8, 4) is 0 Å². The third kappa shape index (κ3) is 3.67. The van der Waals surface area contributed by atoms with Gasteiger partial charge in [0.25, 0.3) is 0 Å². The second-order valence-electron chi connectivity index (χ2n) is 6.91. The molecule has 0 unspecified atom stereocenters. The number of aryl methyl sites for hydroxylation is 1. The summed E-state index contributed by atoms with van der Waals surface area (Å²) in [7, 11) is 0. The molecule has 0 spiro atoms. The normalized spacial score (nSPS) is 22.1. The number of piperidine rings is 1. The molecule has 1 aliphatic heterocycles. The van der Waals surface area contributed by atoms with E-state index in [4.69, 9.17) is 4.52 Å². The van der Waals surface area contributed by atoms with Crippen LogP contribution in [0.15, 0.2) is 16.9 Å². The number of hydrogen-bond donors (Lipinski definition) is 1. The van der Waals surface area contributed by atoms with Gasteiger partial charge in [-0.05, 0) is 39.2 Å². The van der Waals surface area contributed by atoms with Gasteiger partial charge in [-0.1, -0.05) is 5.16 Å². The molecule has 2 fully saturated rings. The van der Waals surface area contributed by atoms with Gasteiger partial charge in [0.1, 0.15) is 5.82 Å². The highest BCUT2D eigenvalue weighted by atomic mass is 16.5. The number of imidazole rings is 1. The van der Waals surface area contributed by atoms with Crippen molar-refractivity contribution in [3.05, 3.63) is 29.9 Å². The van der Waals surface area contributed by atoms with Gasteiger partial charge in [0, 0.05) is 37.4 Å². The van der Waals surface area contributed by atoms with Gasteiger partial charge >= 0.3 is 0 Å². The molecule has 1 saturated heterocycles. The average molecular weight is 330 g/mol. The summed E-state index contributed by atoms with van der Waals surface area (Å²) in [5.74, 6) is 3.31. The molecular weight excluding hydrogens is 304 g/mol. The fourth-order valence-electron chi connectivity index (χ4n) is 3.42. The van der Waals surface area contributed by atoms with Crippen LogP contribution >= 0.6 is 0 Å². The monoisotopic (exact) mass is 330 g/mol. The molecule has 130 valence electrons. The number of likely N-dealkylation sites (tertiary alicyclic amines) is 1. The van der Waals surface area contributed by atoms with Crippen LogP contribution < -0.4 is 5.32 Å². The Balaban J connectivity index is 1.28. The molecule has 1 saturated carbocycles. The maximum absolute atomic E-state index is 5.36. The maximum atomic E-state index is 5.36. The molecule has 0 aromatic carbocycles. The molecule has 1 aliphatic carbocycles. The van der Waals surface area contributed by atoms with E-state index in [0.717, 1.165) is 50.3 Å². The Kier molecular flexibility index (Phi) is 4.62. The Labute approximate surface area is 142 Å². The van der Waals surface area contributed by atoms with Crippen LogP contribution in [0, 0.1) is 0 Å². The van der Waals surface area contributed by atoms with Crippen molar-refractivity contribution in [2.24, 2.45) is 0 Å². The molecule has 0 amide bonds. The lowest BCUT2D eigenvalue weighted by molar-refractivity contribution is 0.176. The fraction of sp³-hybridized carbons (Fsp3) is 0.706. The maximum Gasteiger partial charge on any atom is 0.229 e. The Morgan fingerprint density at radius 2 is 2.25 bits per heavy atom. The SMILES string of the molecule is CCn1ccnc1CN[C@@H]1CCCN(Cc2noc(C3CC3)n2)C1. The highest BCUT2D eigenvalue weighted by molar-refractivity contribution is 5.02. The topological polar surface area (TPSA) is 72.0 Å². The smallest absolute Gasteiger partial charge is 0.229 e. The van der Waals surface area contributed by atoms with Gasteiger partial charge in [-0.25, -0.2) is 4.98 Å². The van der Waals surface area contributed by atoms with E-state index < -0.39 is 0 Å². The Bertz CT molecular complexity index is 662. The van der Waals surface area contributed by atoms with Gasteiger partial charge < -0.3 is 14.4 Å². The molecule has 7 nitrogen and oxygen atoms in total. The number of nitrogens with zero attached hydrogens (tertiary/aromatic N) is 5. The van der Waals surface area contributed by atoms with Gasteiger partial charge in [0.15, 0.2) is 5.82 Å². The lowest BCUT2D eigenvalue weighted by Crippen LogP contribution is -2.45. The standard InChI is InChI=1S/C17H26N6O/c1-2-23-9-7-18-16(23)10-19-14-4-3-8-22(11-14)12-15-20-17(24-21-15)13-5-6-13/h7,9,13-14,19H,2-6,8,10-12H2,1H3/t14-/m1/s1.